The van der Waals surface area contributed by atoms with E-state index in [2.05, 4.69) is 15.2 Å². The molecule has 0 atom stereocenters. The Labute approximate surface area is 139 Å². The summed E-state index contributed by atoms with van der Waals surface area (Å²) in [6.07, 6.45) is 0. The molecule has 116 valence electrons. The maximum absolute atomic E-state index is 12.1. The summed E-state index contributed by atoms with van der Waals surface area (Å²) in [5.41, 5.74) is 0.687. The molecule has 0 radical (unpaired) electrons. The van der Waals surface area contributed by atoms with Crippen molar-refractivity contribution in [3.8, 4) is 11.3 Å². The van der Waals surface area contributed by atoms with E-state index in [1.807, 2.05) is 18.2 Å². The van der Waals surface area contributed by atoms with Crippen molar-refractivity contribution in [3.63, 3.8) is 0 Å². The van der Waals surface area contributed by atoms with Gasteiger partial charge in [0.15, 0.2) is 10.9 Å². The fourth-order valence-corrected chi connectivity index (χ4v) is 3.57. The van der Waals surface area contributed by atoms with Gasteiger partial charge in [0.1, 0.15) is 4.88 Å². The number of aromatic nitrogens is 3. The number of nitrogens with zero attached hydrogens (tertiary/aromatic N) is 2. The second kappa shape index (κ2) is 6.76. The number of nitrogens with one attached hydrogen (secondary N) is 1. The Morgan fingerprint density at radius 1 is 1.17 bits per heavy atom. The molecular formula is C15H11N3O3S2. The molecule has 3 rings (SSSR count). The first kappa shape index (κ1) is 15.4. The van der Waals surface area contributed by atoms with Crippen molar-refractivity contribution in [2.24, 2.45) is 0 Å². The number of aromatic carboxylic acids is 1. The number of hydrogen-bond acceptors (Lipinski definition) is 6. The lowest BCUT2D eigenvalue weighted by Crippen LogP contribution is -2.14. The molecule has 0 saturated carbocycles. The molecule has 8 heteroatoms. The molecule has 3 aromatic rings. The lowest BCUT2D eigenvalue weighted by Gasteiger charge is -2.01. The Morgan fingerprint density at radius 3 is 2.61 bits per heavy atom. The highest BCUT2D eigenvalue weighted by Crippen LogP contribution is 2.24. The zero-order valence-corrected chi connectivity index (χ0v) is 13.4. The average Bonchev–Trinajstić information content (AvgIpc) is 3.03. The van der Waals surface area contributed by atoms with Crippen molar-refractivity contribution < 1.29 is 9.90 Å². The van der Waals surface area contributed by atoms with E-state index < -0.39 is 5.97 Å². The Kier molecular flexibility index (Phi) is 4.54. The quantitative estimate of drug-likeness (QED) is 0.690. The predicted molar refractivity (Wildman–Crippen MR) is 88.9 cm³/mol. The molecule has 23 heavy (non-hydrogen) atoms. The first-order valence-electron chi connectivity index (χ1n) is 6.61. The minimum Gasteiger partial charge on any atom is -0.477 e. The lowest BCUT2D eigenvalue weighted by atomic mass is 10.2. The largest absolute Gasteiger partial charge is 0.477 e. The molecule has 0 aliphatic carbocycles. The summed E-state index contributed by atoms with van der Waals surface area (Å²) >= 11 is 2.51. The molecule has 0 aliphatic heterocycles. The van der Waals surface area contributed by atoms with Gasteiger partial charge in [-0.1, -0.05) is 42.1 Å². The van der Waals surface area contributed by atoms with Crippen LogP contribution in [0.25, 0.3) is 11.3 Å². The topological polar surface area (TPSA) is 95.9 Å². The number of thioether (sulfide) groups is 1. The molecule has 0 fully saturated rings. The van der Waals surface area contributed by atoms with Crippen LogP contribution in [-0.4, -0.2) is 26.3 Å². The molecule has 0 unspecified atom stereocenters. The van der Waals surface area contributed by atoms with Gasteiger partial charge in [0.05, 0.1) is 0 Å². The maximum atomic E-state index is 12.1. The summed E-state index contributed by atoms with van der Waals surface area (Å²) in [4.78, 5) is 26.8. The van der Waals surface area contributed by atoms with Crippen molar-refractivity contribution in [2.45, 2.75) is 10.9 Å². The van der Waals surface area contributed by atoms with Gasteiger partial charge in [-0.15, -0.1) is 21.5 Å². The van der Waals surface area contributed by atoms with E-state index in [0.29, 0.717) is 21.3 Å². The van der Waals surface area contributed by atoms with Gasteiger partial charge in [-0.2, -0.15) is 0 Å². The molecule has 0 aliphatic rings. The third kappa shape index (κ3) is 3.66. The number of H-pyrrole nitrogens is 1. The average molecular weight is 345 g/mol. The van der Waals surface area contributed by atoms with E-state index in [1.165, 1.54) is 23.1 Å². The first-order valence-corrected chi connectivity index (χ1v) is 8.41. The molecular weight excluding hydrogens is 334 g/mol. The van der Waals surface area contributed by atoms with Crippen LogP contribution in [0.1, 0.15) is 14.5 Å². The highest BCUT2D eigenvalue weighted by atomic mass is 32.2. The first-order chi connectivity index (χ1) is 11.1. The molecule has 0 spiro atoms. The summed E-state index contributed by atoms with van der Waals surface area (Å²) in [5.74, 6) is -0.417. The van der Waals surface area contributed by atoms with Crippen molar-refractivity contribution in [1.29, 1.82) is 0 Å². The van der Waals surface area contributed by atoms with Gasteiger partial charge in [-0.05, 0) is 12.1 Å². The standard InChI is InChI=1S/C15H11N3O3S2/c19-13-12(9-4-2-1-3-5-9)17-18-15(16-13)22-8-10-6-7-11(23-10)14(20)21/h1-7H,8H2,(H,20,21)(H,16,18,19). The van der Waals surface area contributed by atoms with Crippen LogP contribution in [0, 0.1) is 0 Å². The number of carboxylic acids is 1. The van der Waals surface area contributed by atoms with Gasteiger partial charge in [0.25, 0.3) is 5.56 Å². The van der Waals surface area contributed by atoms with Crippen LogP contribution >= 0.6 is 23.1 Å². The van der Waals surface area contributed by atoms with Crippen LogP contribution in [0.15, 0.2) is 52.4 Å². The fraction of sp³-hybridized carbons (Fsp3) is 0.0667. The van der Waals surface area contributed by atoms with E-state index in [0.717, 1.165) is 4.88 Å². The second-order valence-electron chi connectivity index (χ2n) is 4.53. The Bertz CT molecular complexity index is 890. The normalized spacial score (nSPS) is 10.6. The molecule has 2 N–H and O–H groups in total. The number of carboxylic acid groups (broad SMARTS) is 1. The zero-order chi connectivity index (χ0) is 16.2. The monoisotopic (exact) mass is 345 g/mol. The predicted octanol–water partition coefficient (Wildman–Crippen LogP) is 2.88. The molecule has 1 aromatic carbocycles. The second-order valence-corrected chi connectivity index (χ2v) is 6.67. The van der Waals surface area contributed by atoms with E-state index in [9.17, 15) is 9.59 Å². The van der Waals surface area contributed by atoms with E-state index in [4.69, 9.17) is 5.11 Å². The third-order valence-corrected chi connectivity index (χ3v) is 5.12. The van der Waals surface area contributed by atoms with Gasteiger partial charge in [-0.3, -0.25) is 9.78 Å². The number of aromatic amines is 1. The van der Waals surface area contributed by atoms with E-state index in [1.54, 1.807) is 24.3 Å². The molecule has 2 heterocycles. The SMILES string of the molecule is O=C(O)c1ccc(CSc2nnc(-c3ccccc3)c(=O)[nH]2)s1. The minimum atomic E-state index is -0.938. The number of benzene rings is 1. The third-order valence-electron chi connectivity index (χ3n) is 2.95. The van der Waals surface area contributed by atoms with Crippen LogP contribution in [0.3, 0.4) is 0 Å². The molecule has 0 bridgehead atoms. The zero-order valence-electron chi connectivity index (χ0n) is 11.7. The lowest BCUT2D eigenvalue weighted by molar-refractivity contribution is 0.0702. The smallest absolute Gasteiger partial charge is 0.345 e. The summed E-state index contributed by atoms with van der Waals surface area (Å²) in [7, 11) is 0. The summed E-state index contributed by atoms with van der Waals surface area (Å²) in [5, 5.41) is 17.3. The molecule has 2 aromatic heterocycles. The Morgan fingerprint density at radius 2 is 1.96 bits per heavy atom. The van der Waals surface area contributed by atoms with Crippen LogP contribution in [-0.2, 0) is 5.75 Å². The van der Waals surface area contributed by atoms with Gasteiger partial charge in [-0.25, -0.2) is 4.79 Å². The van der Waals surface area contributed by atoms with Gasteiger partial charge >= 0.3 is 5.97 Å². The van der Waals surface area contributed by atoms with E-state index >= 15 is 0 Å². The molecule has 0 amide bonds. The van der Waals surface area contributed by atoms with Crippen molar-refractivity contribution in [3.05, 3.63) is 62.6 Å². The number of thiophene rings is 1. The van der Waals surface area contributed by atoms with Crippen LogP contribution in [0.4, 0.5) is 0 Å². The van der Waals surface area contributed by atoms with Crippen molar-refractivity contribution >= 4 is 29.1 Å². The van der Waals surface area contributed by atoms with Gasteiger partial charge < -0.3 is 5.11 Å². The Balaban J connectivity index is 1.73. The van der Waals surface area contributed by atoms with Crippen molar-refractivity contribution in [1.82, 2.24) is 15.2 Å². The highest BCUT2D eigenvalue weighted by molar-refractivity contribution is 7.98. The van der Waals surface area contributed by atoms with E-state index in [-0.39, 0.29) is 11.3 Å². The highest BCUT2D eigenvalue weighted by Gasteiger charge is 2.10. The maximum Gasteiger partial charge on any atom is 0.345 e. The van der Waals surface area contributed by atoms with Crippen LogP contribution in [0.5, 0.6) is 0 Å². The summed E-state index contributed by atoms with van der Waals surface area (Å²) in [6, 6.07) is 12.4. The molecule has 6 nitrogen and oxygen atoms in total. The number of carbonyl (C=O) groups is 1. The van der Waals surface area contributed by atoms with Crippen molar-refractivity contribution in [2.75, 3.05) is 0 Å². The summed E-state index contributed by atoms with van der Waals surface area (Å²) < 4.78 is 0. The van der Waals surface area contributed by atoms with Gasteiger partial charge in [0.2, 0.25) is 0 Å². The number of rotatable bonds is 5. The molecule has 0 saturated heterocycles. The number of hydrogen-bond donors (Lipinski definition) is 2. The summed E-state index contributed by atoms with van der Waals surface area (Å²) in [6.45, 7) is 0. The van der Waals surface area contributed by atoms with Crippen LogP contribution in [0.2, 0.25) is 0 Å². The van der Waals surface area contributed by atoms with Crippen LogP contribution < -0.4 is 5.56 Å². The minimum absolute atomic E-state index is 0.277. The Hall–Kier alpha value is -2.45. The van der Waals surface area contributed by atoms with Gasteiger partial charge in [0, 0.05) is 16.2 Å². The fourth-order valence-electron chi connectivity index (χ4n) is 1.88.